The van der Waals surface area contributed by atoms with Crippen molar-refractivity contribution in [1.82, 2.24) is 10.2 Å². The predicted octanol–water partition coefficient (Wildman–Crippen LogP) is 4.93. The minimum absolute atomic E-state index is 0. The lowest BCUT2D eigenvalue weighted by atomic mass is 9.99. The second-order valence-electron chi connectivity index (χ2n) is 6.16. The highest BCUT2D eigenvalue weighted by molar-refractivity contribution is 5.85. The Labute approximate surface area is 158 Å². The van der Waals surface area contributed by atoms with Gasteiger partial charge >= 0.3 is 6.18 Å². The number of piperazine rings is 1. The number of hydrogen-bond donors (Lipinski definition) is 1. The van der Waals surface area contributed by atoms with Crippen molar-refractivity contribution in [3.8, 4) is 11.1 Å². The fourth-order valence-corrected chi connectivity index (χ4v) is 3.18. The van der Waals surface area contributed by atoms with Gasteiger partial charge < -0.3 is 5.32 Å². The Morgan fingerprint density at radius 2 is 1.42 bits per heavy atom. The molecule has 26 heavy (non-hydrogen) atoms. The van der Waals surface area contributed by atoms with Crippen LogP contribution in [0.3, 0.4) is 0 Å². The van der Waals surface area contributed by atoms with Gasteiger partial charge in [-0.05, 0) is 28.8 Å². The standard InChI is InChI=1S/C20H21F3N2.ClH/c1-2-19(25-13-11-24-12-14-25)17-5-3-15(4-6-17)16-7-9-18(10-8-16)20(21,22)23;/h2-10,19,24H,1,11-14H2;1H/t19-;/m1./s1. The van der Waals surface area contributed by atoms with E-state index >= 15 is 0 Å². The average Bonchev–Trinajstić information content (AvgIpc) is 2.63. The van der Waals surface area contributed by atoms with E-state index < -0.39 is 11.7 Å². The maximum absolute atomic E-state index is 12.7. The Morgan fingerprint density at radius 1 is 0.923 bits per heavy atom. The van der Waals surface area contributed by atoms with Crippen molar-refractivity contribution in [3.05, 3.63) is 72.3 Å². The quantitative estimate of drug-likeness (QED) is 0.754. The van der Waals surface area contributed by atoms with E-state index in [1.165, 1.54) is 12.1 Å². The van der Waals surface area contributed by atoms with Crippen LogP contribution in [0.5, 0.6) is 0 Å². The molecule has 3 rings (SSSR count). The molecule has 2 nitrogen and oxygen atoms in total. The molecule has 2 aromatic carbocycles. The molecule has 2 aromatic rings. The van der Waals surface area contributed by atoms with E-state index in [0.29, 0.717) is 0 Å². The zero-order valence-corrected chi connectivity index (χ0v) is 15.1. The summed E-state index contributed by atoms with van der Waals surface area (Å²) in [4.78, 5) is 2.37. The maximum Gasteiger partial charge on any atom is 0.416 e. The normalized spacial score (nSPS) is 16.6. The summed E-state index contributed by atoms with van der Waals surface area (Å²) in [6.07, 6.45) is -2.36. The summed E-state index contributed by atoms with van der Waals surface area (Å²) in [6.45, 7) is 7.83. The summed E-state index contributed by atoms with van der Waals surface area (Å²) in [5.41, 5.74) is 2.20. The van der Waals surface area contributed by atoms with E-state index in [9.17, 15) is 13.2 Å². The lowest BCUT2D eigenvalue weighted by Gasteiger charge is -2.33. The fourth-order valence-electron chi connectivity index (χ4n) is 3.18. The molecule has 0 saturated carbocycles. The molecule has 1 atom stereocenters. The van der Waals surface area contributed by atoms with Crippen molar-refractivity contribution in [2.24, 2.45) is 0 Å². The first kappa shape index (κ1) is 20.5. The fraction of sp³-hybridized carbons (Fsp3) is 0.300. The molecule has 140 valence electrons. The first-order chi connectivity index (χ1) is 12.0. The van der Waals surface area contributed by atoms with Crippen LogP contribution in [-0.2, 0) is 6.18 Å². The Morgan fingerprint density at radius 3 is 1.88 bits per heavy atom. The highest BCUT2D eigenvalue weighted by Gasteiger charge is 2.30. The van der Waals surface area contributed by atoms with E-state index in [0.717, 1.165) is 55.0 Å². The molecule has 1 saturated heterocycles. The number of rotatable bonds is 4. The Hall–Kier alpha value is -1.82. The minimum Gasteiger partial charge on any atom is -0.314 e. The summed E-state index contributed by atoms with van der Waals surface area (Å²) in [7, 11) is 0. The van der Waals surface area contributed by atoms with Gasteiger partial charge in [-0.3, -0.25) is 4.90 Å². The zero-order valence-electron chi connectivity index (χ0n) is 14.3. The lowest BCUT2D eigenvalue weighted by Crippen LogP contribution is -2.44. The van der Waals surface area contributed by atoms with Gasteiger partial charge in [-0.1, -0.05) is 42.5 Å². The molecular weight excluding hydrogens is 361 g/mol. The third kappa shape index (κ3) is 4.67. The van der Waals surface area contributed by atoms with Gasteiger partial charge in [0, 0.05) is 26.2 Å². The molecule has 0 spiro atoms. The van der Waals surface area contributed by atoms with Crippen LogP contribution in [0.4, 0.5) is 13.2 Å². The number of hydrogen-bond acceptors (Lipinski definition) is 2. The zero-order chi connectivity index (χ0) is 17.9. The summed E-state index contributed by atoms with van der Waals surface area (Å²) in [5, 5.41) is 3.33. The van der Waals surface area contributed by atoms with Gasteiger partial charge in [0.2, 0.25) is 0 Å². The topological polar surface area (TPSA) is 15.3 Å². The van der Waals surface area contributed by atoms with Gasteiger partial charge in [-0.15, -0.1) is 19.0 Å². The van der Waals surface area contributed by atoms with E-state index in [1.807, 2.05) is 30.3 Å². The molecule has 0 aromatic heterocycles. The van der Waals surface area contributed by atoms with E-state index in [1.54, 1.807) is 0 Å². The van der Waals surface area contributed by atoms with Crippen LogP contribution in [0, 0.1) is 0 Å². The molecule has 1 aliphatic heterocycles. The SMILES string of the molecule is C=C[C@H](c1ccc(-c2ccc(C(F)(F)F)cc2)cc1)N1CCNCC1.Cl. The van der Waals surface area contributed by atoms with Gasteiger partial charge in [-0.25, -0.2) is 0 Å². The molecule has 6 heteroatoms. The van der Waals surface area contributed by atoms with Crippen molar-refractivity contribution < 1.29 is 13.2 Å². The first-order valence-electron chi connectivity index (χ1n) is 8.34. The number of benzene rings is 2. The third-order valence-electron chi connectivity index (χ3n) is 4.57. The van der Waals surface area contributed by atoms with E-state index in [4.69, 9.17) is 0 Å². The summed E-state index contributed by atoms with van der Waals surface area (Å²) < 4.78 is 38.0. The Bertz CT molecular complexity index is 705. The van der Waals surface area contributed by atoms with Crippen molar-refractivity contribution in [3.63, 3.8) is 0 Å². The van der Waals surface area contributed by atoms with Crippen LogP contribution < -0.4 is 5.32 Å². The highest BCUT2D eigenvalue weighted by atomic mass is 35.5. The molecule has 1 heterocycles. The van der Waals surface area contributed by atoms with Crippen LogP contribution in [-0.4, -0.2) is 31.1 Å². The van der Waals surface area contributed by atoms with Crippen LogP contribution >= 0.6 is 12.4 Å². The average molecular weight is 383 g/mol. The largest absolute Gasteiger partial charge is 0.416 e. The lowest BCUT2D eigenvalue weighted by molar-refractivity contribution is -0.137. The molecule has 0 unspecified atom stereocenters. The summed E-state index contributed by atoms with van der Waals surface area (Å²) >= 11 is 0. The summed E-state index contributed by atoms with van der Waals surface area (Å²) in [5.74, 6) is 0. The van der Waals surface area contributed by atoms with Crippen molar-refractivity contribution in [2.75, 3.05) is 26.2 Å². The van der Waals surface area contributed by atoms with Gasteiger partial charge in [0.1, 0.15) is 0 Å². The number of alkyl halides is 3. The molecular formula is C20H22ClF3N2. The van der Waals surface area contributed by atoms with Crippen LogP contribution in [0.15, 0.2) is 61.2 Å². The van der Waals surface area contributed by atoms with Crippen molar-refractivity contribution in [2.45, 2.75) is 12.2 Å². The predicted molar refractivity (Wildman–Crippen MR) is 102 cm³/mol. The summed E-state index contributed by atoms with van der Waals surface area (Å²) in [6, 6.07) is 13.4. The van der Waals surface area contributed by atoms with Crippen molar-refractivity contribution in [1.29, 1.82) is 0 Å². The highest BCUT2D eigenvalue weighted by Crippen LogP contribution is 2.31. The van der Waals surface area contributed by atoms with Crippen LogP contribution in [0.2, 0.25) is 0 Å². The van der Waals surface area contributed by atoms with Gasteiger partial charge in [0.25, 0.3) is 0 Å². The Kier molecular flexibility index (Phi) is 6.87. The number of halogens is 4. The van der Waals surface area contributed by atoms with Gasteiger partial charge in [0.05, 0.1) is 11.6 Å². The third-order valence-corrected chi connectivity index (χ3v) is 4.57. The van der Waals surface area contributed by atoms with E-state index in [2.05, 4.69) is 16.8 Å². The molecule has 1 aliphatic rings. The molecule has 0 radical (unpaired) electrons. The number of nitrogens with zero attached hydrogens (tertiary/aromatic N) is 1. The molecule has 0 amide bonds. The van der Waals surface area contributed by atoms with Crippen molar-refractivity contribution >= 4 is 12.4 Å². The molecule has 0 aliphatic carbocycles. The smallest absolute Gasteiger partial charge is 0.314 e. The maximum atomic E-state index is 12.7. The molecule has 1 fully saturated rings. The molecule has 0 bridgehead atoms. The first-order valence-corrected chi connectivity index (χ1v) is 8.34. The van der Waals surface area contributed by atoms with Gasteiger partial charge in [-0.2, -0.15) is 13.2 Å². The van der Waals surface area contributed by atoms with Gasteiger partial charge in [0.15, 0.2) is 0 Å². The minimum atomic E-state index is -4.30. The van der Waals surface area contributed by atoms with Crippen LogP contribution in [0.1, 0.15) is 17.2 Å². The second kappa shape index (κ2) is 8.71. The monoisotopic (exact) mass is 382 g/mol. The Balaban J connectivity index is 0.00000243. The number of nitrogens with one attached hydrogen (secondary N) is 1. The van der Waals surface area contributed by atoms with E-state index in [-0.39, 0.29) is 18.4 Å². The molecule has 1 N–H and O–H groups in total. The second-order valence-corrected chi connectivity index (χ2v) is 6.16. The van der Waals surface area contributed by atoms with Crippen LogP contribution in [0.25, 0.3) is 11.1 Å².